The zero-order valence-electron chi connectivity index (χ0n) is 22.1. The minimum Gasteiger partial charge on any atom is -0.483 e. The number of aryl methyl sites for hydroxylation is 1. The number of hydrogen-bond donors (Lipinski definition) is 1. The Balaban J connectivity index is 1.26. The second-order valence-electron chi connectivity index (χ2n) is 9.73. The fourth-order valence-electron chi connectivity index (χ4n) is 4.84. The van der Waals surface area contributed by atoms with E-state index in [0.29, 0.717) is 0 Å². The number of hydrogen-bond acceptors (Lipinski definition) is 7. The van der Waals surface area contributed by atoms with E-state index in [-0.39, 0.29) is 18.6 Å². The summed E-state index contributed by atoms with van der Waals surface area (Å²) in [4.78, 5) is 23.1. The SMILES string of the molecule is Cc1cccc(N2CCN(Cc3cc(-c4cccs4)ccc3OCC(=O)N[C@H](C)c3nccs3)CC2)c1C. The molecule has 38 heavy (non-hydrogen) atoms. The molecule has 1 aliphatic heterocycles. The van der Waals surface area contributed by atoms with E-state index in [1.807, 2.05) is 18.4 Å². The van der Waals surface area contributed by atoms with Crippen molar-refractivity contribution in [1.29, 1.82) is 0 Å². The van der Waals surface area contributed by atoms with Crippen LogP contribution in [0.4, 0.5) is 5.69 Å². The lowest BCUT2D eigenvalue weighted by Crippen LogP contribution is -2.46. The van der Waals surface area contributed by atoms with Crippen molar-refractivity contribution in [1.82, 2.24) is 15.2 Å². The van der Waals surface area contributed by atoms with Crippen molar-refractivity contribution in [2.75, 3.05) is 37.7 Å². The molecule has 0 unspecified atom stereocenters. The van der Waals surface area contributed by atoms with Crippen molar-refractivity contribution < 1.29 is 9.53 Å². The fraction of sp³-hybridized carbons (Fsp3) is 0.333. The van der Waals surface area contributed by atoms with Crippen LogP contribution in [0.25, 0.3) is 10.4 Å². The molecule has 2 aromatic heterocycles. The molecule has 5 rings (SSSR count). The molecule has 1 atom stereocenters. The van der Waals surface area contributed by atoms with Crippen LogP contribution >= 0.6 is 22.7 Å². The lowest BCUT2D eigenvalue weighted by molar-refractivity contribution is -0.123. The fourth-order valence-corrected chi connectivity index (χ4v) is 6.21. The van der Waals surface area contributed by atoms with Crippen LogP contribution in [0.1, 0.15) is 34.7 Å². The maximum atomic E-state index is 12.6. The van der Waals surface area contributed by atoms with Crippen LogP contribution in [0.2, 0.25) is 0 Å². The van der Waals surface area contributed by atoms with E-state index in [4.69, 9.17) is 4.74 Å². The number of piperazine rings is 1. The summed E-state index contributed by atoms with van der Waals surface area (Å²) in [5, 5.41) is 7.89. The molecule has 198 valence electrons. The van der Waals surface area contributed by atoms with Gasteiger partial charge in [-0.25, -0.2) is 4.98 Å². The summed E-state index contributed by atoms with van der Waals surface area (Å²) in [7, 11) is 0. The Morgan fingerprint density at radius 2 is 1.89 bits per heavy atom. The first kappa shape index (κ1) is 26.4. The number of carbonyl (C=O) groups is 1. The summed E-state index contributed by atoms with van der Waals surface area (Å²) >= 11 is 3.27. The number of thiophene rings is 1. The molecular formula is C30H34N4O2S2. The molecule has 3 heterocycles. The van der Waals surface area contributed by atoms with Gasteiger partial charge in [-0.15, -0.1) is 22.7 Å². The quantitative estimate of drug-likeness (QED) is 0.276. The second-order valence-corrected chi connectivity index (χ2v) is 11.6. The predicted octanol–water partition coefficient (Wildman–Crippen LogP) is 6.07. The van der Waals surface area contributed by atoms with E-state index in [0.717, 1.165) is 49.0 Å². The van der Waals surface area contributed by atoms with Crippen molar-refractivity contribution in [3.63, 3.8) is 0 Å². The Kier molecular flexibility index (Phi) is 8.42. The van der Waals surface area contributed by atoms with Crippen molar-refractivity contribution in [3.05, 3.63) is 87.2 Å². The molecule has 0 spiro atoms. The standard InChI is InChI=1S/C30H34N4O2S2/c1-21-6-4-7-26(22(21)2)34-14-12-33(13-15-34)19-25-18-24(28-8-5-16-37-28)9-10-27(25)36-20-29(35)32-23(3)30-31-11-17-38-30/h4-11,16-18,23H,12-15,19-20H2,1-3H3,(H,32,35)/t23-/m1/s1. The Hall–Kier alpha value is -3.20. The number of amides is 1. The minimum atomic E-state index is -0.150. The van der Waals surface area contributed by atoms with Crippen molar-refractivity contribution >= 4 is 34.3 Å². The number of thiazole rings is 1. The number of ether oxygens (including phenoxy) is 1. The van der Waals surface area contributed by atoms with Gasteiger partial charge in [0.1, 0.15) is 10.8 Å². The molecule has 2 aromatic carbocycles. The summed E-state index contributed by atoms with van der Waals surface area (Å²) in [6.45, 7) is 11.0. The minimum absolute atomic E-state index is 0.0263. The molecule has 0 aliphatic carbocycles. The number of anilines is 1. The van der Waals surface area contributed by atoms with Gasteiger partial charge in [0.15, 0.2) is 6.61 Å². The molecule has 1 saturated heterocycles. The Bertz CT molecular complexity index is 1350. The molecule has 1 aliphatic rings. The smallest absolute Gasteiger partial charge is 0.258 e. The molecule has 8 heteroatoms. The van der Waals surface area contributed by atoms with Gasteiger partial charge in [-0.05, 0) is 73.2 Å². The lowest BCUT2D eigenvalue weighted by atomic mass is 10.1. The van der Waals surface area contributed by atoms with Gasteiger partial charge in [-0.2, -0.15) is 0 Å². The van der Waals surface area contributed by atoms with Crippen molar-refractivity contribution in [2.45, 2.75) is 33.4 Å². The Labute approximate surface area is 232 Å². The predicted molar refractivity (Wildman–Crippen MR) is 157 cm³/mol. The van der Waals surface area contributed by atoms with E-state index in [9.17, 15) is 4.79 Å². The summed E-state index contributed by atoms with van der Waals surface area (Å²) in [5.74, 6) is 0.613. The van der Waals surface area contributed by atoms with E-state index >= 15 is 0 Å². The maximum Gasteiger partial charge on any atom is 0.258 e. The molecular weight excluding hydrogens is 512 g/mol. The average molecular weight is 547 g/mol. The van der Waals surface area contributed by atoms with E-state index in [1.165, 1.54) is 38.6 Å². The molecule has 0 radical (unpaired) electrons. The third kappa shape index (κ3) is 6.26. The Morgan fingerprint density at radius 3 is 2.63 bits per heavy atom. The number of aromatic nitrogens is 1. The van der Waals surface area contributed by atoms with Crippen molar-refractivity contribution in [3.8, 4) is 16.2 Å². The molecule has 1 fully saturated rings. The maximum absolute atomic E-state index is 12.6. The van der Waals surface area contributed by atoms with Gasteiger partial charge in [0.25, 0.3) is 5.91 Å². The van der Waals surface area contributed by atoms with Gasteiger partial charge >= 0.3 is 0 Å². The Morgan fingerprint density at radius 1 is 1.05 bits per heavy atom. The number of carbonyl (C=O) groups excluding carboxylic acids is 1. The zero-order valence-corrected chi connectivity index (χ0v) is 23.8. The van der Waals surface area contributed by atoms with Crippen LogP contribution in [0.15, 0.2) is 65.5 Å². The van der Waals surface area contributed by atoms with Crippen LogP contribution in [0.5, 0.6) is 5.75 Å². The second kappa shape index (κ2) is 12.1. The normalized spacial score (nSPS) is 14.9. The highest BCUT2D eigenvalue weighted by molar-refractivity contribution is 7.13. The van der Waals surface area contributed by atoms with Crippen molar-refractivity contribution in [2.24, 2.45) is 0 Å². The van der Waals surface area contributed by atoms with Crippen LogP contribution in [0, 0.1) is 13.8 Å². The van der Waals surface area contributed by atoms with Gasteiger partial charge in [0.05, 0.1) is 6.04 Å². The highest BCUT2D eigenvalue weighted by atomic mass is 32.1. The van der Waals surface area contributed by atoms with Gasteiger partial charge in [0.2, 0.25) is 0 Å². The van der Waals surface area contributed by atoms with E-state index in [2.05, 4.69) is 81.8 Å². The molecule has 0 saturated carbocycles. The lowest BCUT2D eigenvalue weighted by Gasteiger charge is -2.37. The third-order valence-corrected chi connectivity index (χ3v) is 8.98. The van der Waals surface area contributed by atoms with Gasteiger partial charge in [-0.1, -0.05) is 18.2 Å². The first-order chi connectivity index (χ1) is 18.5. The number of benzene rings is 2. The van der Waals surface area contributed by atoms with Gasteiger partial charge in [0, 0.05) is 60.4 Å². The van der Waals surface area contributed by atoms with Gasteiger partial charge in [-0.3, -0.25) is 9.69 Å². The van der Waals surface area contributed by atoms with Gasteiger partial charge < -0.3 is 15.0 Å². The number of nitrogens with zero attached hydrogens (tertiary/aromatic N) is 3. The van der Waals surface area contributed by atoms with Crippen LogP contribution in [-0.2, 0) is 11.3 Å². The molecule has 0 bridgehead atoms. The molecule has 1 N–H and O–H groups in total. The molecule has 6 nitrogen and oxygen atoms in total. The first-order valence-electron chi connectivity index (χ1n) is 13.0. The average Bonchev–Trinajstić information content (AvgIpc) is 3.65. The van der Waals surface area contributed by atoms with E-state index in [1.54, 1.807) is 17.5 Å². The summed E-state index contributed by atoms with van der Waals surface area (Å²) in [6, 6.07) is 16.9. The van der Waals surface area contributed by atoms with E-state index < -0.39 is 0 Å². The monoisotopic (exact) mass is 546 g/mol. The highest BCUT2D eigenvalue weighted by Gasteiger charge is 2.21. The molecule has 4 aromatic rings. The number of rotatable bonds is 9. The summed E-state index contributed by atoms with van der Waals surface area (Å²) in [5.41, 5.74) is 6.33. The molecule has 1 amide bonds. The van der Waals surface area contributed by atoms with Crippen LogP contribution < -0.4 is 15.0 Å². The summed E-state index contributed by atoms with van der Waals surface area (Å²) in [6.07, 6.45) is 1.75. The number of nitrogens with one attached hydrogen (secondary N) is 1. The van der Waals surface area contributed by atoms with Crippen LogP contribution in [0.3, 0.4) is 0 Å². The highest BCUT2D eigenvalue weighted by Crippen LogP contribution is 2.31. The zero-order chi connectivity index (χ0) is 26.5. The topological polar surface area (TPSA) is 57.7 Å². The largest absolute Gasteiger partial charge is 0.483 e. The first-order valence-corrected chi connectivity index (χ1v) is 14.8. The van der Waals surface area contributed by atoms with Crippen LogP contribution in [-0.4, -0.2) is 48.6 Å². The third-order valence-electron chi connectivity index (χ3n) is 7.11. The summed E-state index contributed by atoms with van der Waals surface area (Å²) < 4.78 is 6.09.